The first-order valence-electron chi connectivity index (χ1n) is 4.49. The van der Waals surface area contributed by atoms with Crippen LogP contribution in [0.5, 0.6) is 0 Å². The molecule has 0 saturated carbocycles. The van der Waals surface area contributed by atoms with E-state index in [1.807, 2.05) is 12.3 Å². The van der Waals surface area contributed by atoms with E-state index in [0.717, 1.165) is 6.42 Å². The number of hydrogen-bond donors (Lipinski definition) is 2. The van der Waals surface area contributed by atoms with Crippen LogP contribution in [0.25, 0.3) is 0 Å². The molecule has 1 rings (SSSR count). The summed E-state index contributed by atoms with van der Waals surface area (Å²) >= 11 is 1.41. The highest BCUT2D eigenvalue weighted by atomic mass is 32.1. The molecule has 0 aliphatic carbocycles. The van der Waals surface area contributed by atoms with Crippen LogP contribution in [0.1, 0.15) is 26.7 Å². The van der Waals surface area contributed by atoms with Crippen molar-refractivity contribution in [3.8, 4) is 0 Å². The molecule has 0 amide bonds. The summed E-state index contributed by atoms with van der Waals surface area (Å²) in [4.78, 5) is 15.1. The lowest BCUT2D eigenvalue weighted by molar-refractivity contribution is -0.141. The molecule has 14 heavy (non-hydrogen) atoms. The number of carboxylic acids is 1. The van der Waals surface area contributed by atoms with Gasteiger partial charge in [0.15, 0.2) is 5.13 Å². The fourth-order valence-electron chi connectivity index (χ4n) is 1.24. The molecule has 2 N–H and O–H groups in total. The Labute approximate surface area is 87.0 Å². The first kappa shape index (κ1) is 11.0. The monoisotopic (exact) mass is 214 g/mol. The summed E-state index contributed by atoms with van der Waals surface area (Å²) in [6, 6.07) is 0. The van der Waals surface area contributed by atoms with E-state index in [1.54, 1.807) is 13.1 Å². The van der Waals surface area contributed by atoms with Crippen LogP contribution in [0.3, 0.4) is 0 Å². The number of nitrogens with zero attached hydrogens (tertiary/aromatic N) is 1. The second kappa shape index (κ2) is 4.41. The van der Waals surface area contributed by atoms with Crippen molar-refractivity contribution in [3.05, 3.63) is 11.6 Å². The van der Waals surface area contributed by atoms with Crippen molar-refractivity contribution < 1.29 is 9.90 Å². The highest BCUT2D eigenvalue weighted by Gasteiger charge is 2.32. The Bertz CT molecular complexity index is 300. The SMILES string of the molecule is CCCC(C)(Nc1nccs1)C(=O)O. The summed E-state index contributed by atoms with van der Waals surface area (Å²) in [6.07, 6.45) is 3.06. The molecule has 4 nitrogen and oxygen atoms in total. The molecule has 1 heterocycles. The zero-order valence-corrected chi connectivity index (χ0v) is 9.10. The Morgan fingerprint density at radius 3 is 2.93 bits per heavy atom. The van der Waals surface area contributed by atoms with Gasteiger partial charge < -0.3 is 10.4 Å². The van der Waals surface area contributed by atoms with Crippen molar-refractivity contribution in [3.63, 3.8) is 0 Å². The molecule has 78 valence electrons. The summed E-state index contributed by atoms with van der Waals surface area (Å²) in [7, 11) is 0. The standard InChI is InChI=1S/C9H14N2O2S/c1-3-4-9(2,7(12)13)11-8-10-5-6-14-8/h5-6H,3-4H2,1-2H3,(H,10,11)(H,12,13). The normalized spacial score (nSPS) is 14.7. The van der Waals surface area contributed by atoms with Gasteiger partial charge in [-0.1, -0.05) is 13.3 Å². The molecule has 0 bridgehead atoms. The van der Waals surface area contributed by atoms with E-state index in [2.05, 4.69) is 10.3 Å². The van der Waals surface area contributed by atoms with Crippen molar-refractivity contribution >= 4 is 22.4 Å². The Morgan fingerprint density at radius 2 is 2.50 bits per heavy atom. The largest absolute Gasteiger partial charge is 0.480 e. The van der Waals surface area contributed by atoms with Crippen LogP contribution < -0.4 is 5.32 Å². The molecule has 0 aromatic carbocycles. The van der Waals surface area contributed by atoms with Gasteiger partial charge in [0.05, 0.1) is 0 Å². The quantitative estimate of drug-likeness (QED) is 0.788. The number of anilines is 1. The zero-order chi connectivity index (χ0) is 10.6. The molecule has 0 fully saturated rings. The molecular formula is C9H14N2O2S. The van der Waals surface area contributed by atoms with Gasteiger partial charge in [0.1, 0.15) is 5.54 Å². The van der Waals surface area contributed by atoms with Gasteiger partial charge in [-0.25, -0.2) is 9.78 Å². The van der Waals surface area contributed by atoms with Crippen molar-refractivity contribution in [2.24, 2.45) is 0 Å². The lowest BCUT2D eigenvalue weighted by Gasteiger charge is -2.25. The van der Waals surface area contributed by atoms with E-state index in [9.17, 15) is 4.79 Å². The first-order chi connectivity index (χ1) is 6.58. The number of aliphatic carboxylic acids is 1. The molecule has 0 aliphatic rings. The highest BCUT2D eigenvalue weighted by Crippen LogP contribution is 2.21. The minimum absolute atomic E-state index is 0.585. The summed E-state index contributed by atoms with van der Waals surface area (Å²) < 4.78 is 0. The van der Waals surface area contributed by atoms with E-state index < -0.39 is 11.5 Å². The zero-order valence-electron chi connectivity index (χ0n) is 8.28. The molecular weight excluding hydrogens is 200 g/mol. The molecule has 0 saturated heterocycles. The Balaban J connectivity index is 2.74. The average Bonchev–Trinajstić information content (AvgIpc) is 2.56. The van der Waals surface area contributed by atoms with Crippen molar-refractivity contribution in [2.75, 3.05) is 5.32 Å². The smallest absolute Gasteiger partial charge is 0.329 e. The van der Waals surface area contributed by atoms with E-state index in [-0.39, 0.29) is 0 Å². The van der Waals surface area contributed by atoms with Gasteiger partial charge in [-0.2, -0.15) is 0 Å². The molecule has 0 radical (unpaired) electrons. The van der Waals surface area contributed by atoms with E-state index in [4.69, 9.17) is 5.11 Å². The van der Waals surface area contributed by atoms with Crippen LogP contribution in [0, 0.1) is 0 Å². The van der Waals surface area contributed by atoms with Crippen LogP contribution in [0.4, 0.5) is 5.13 Å². The van der Waals surface area contributed by atoms with Crippen molar-refractivity contribution in [1.29, 1.82) is 0 Å². The number of carboxylic acid groups (broad SMARTS) is 1. The van der Waals surface area contributed by atoms with E-state index in [0.29, 0.717) is 11.6 Å². The van der Waals surface area contributed by atoms with E-state index >= 15 is 0 Å². The lowest BCUT2D eigenvalue weighted by atomic mass is 9.97. The summed E-state index contributed by atoms with van der Waals surface area (Å²) in [5, 5.41) is 14.5. The Hall–Kier alpha value is -1.10. The van der Waals surface area contributed by atoms with Gasteiger partial charge in [0, 0.05) is 11.6 Å². The summed E-state index contributed by atoms with van der Waals surface area (Å²) in [6.45, 7) is 3.64. The third-order valence-electron chi connectivity index (χ3n) is 2.04. The van der Waals surface area contributed by atoms with Gasteiger partial charge >= 0.3 is 5.97 Å². The summed E-state index contributed by atoms with van der Waals surface area (Å²) in [5.74, 6) is -0.838. The summed E-state index contributed by atoms with van der Waals surface area (Å²) in [5.41, 5.74) is -0.910. The maximum atomic E-state index is 11.1. The fourth-order valence-corrected chi connectivity index (χ4v) is 1.90. The van der Waals surface area contributed by atoms with Crippen molar-refractivity contribution in [1.82, 2.24) is 4.98 Å². The van der Waals surface area contributed by atoms with Gasteiger partial charge in [0.25, 0.3) is 0 Å². The minimum atomic E-state index is -0.910. The molecule has 0 aliphatic heterocycles. The third-order valence-corrected chi connectivity index (χ3v) is 2.73. The topological polar surface area (TPSA) is 62.2 Å². The van der Waals surface area contributed by atoms with Gasteiger partial charge in [0.2, 0.25) is 0 Å². The lowest BCUT2D eigenvalue weighted by Crippen LogP contribution is -2.43. The molecule has 0 spiro atoms. The Kier molecular flexibility index (Phi) is 3.46. The molecule has 1 aromatic heterocycles. The fraction of sp³-hybridized carbons (Fsp3) is 0.556. The molecule has 1 unspecified atom stereocenters. The van der Waals surface area contributed by atoms with Gasteiger partial charge in [-0.15, -0.1) is 11.3 Å². The molecule has 1 atom stereocenters. The second-order valence-corrected chi connectivity index (χ2v) is 4.24. The maximum Gasteiger partial charge on any atom is 0.329 e. The molecule has 5 heteroatoms. The third kappa shape index (κ3) is 2.45. The predicted molar refractivity (Wildman–Crippen MR) is 56.7 cm³/mol. The minimum Gasteiger partial charge on any atom is -0.480 e. The number of hydrogen-bond acceptors (Lipinski definition) is 4. The number of rotatable bonds is 5. The van der Waals surface area contributed by atoms with Gasteiger partial charge in [-0.3, -0.25) is 0 Å². The number of nitrogens with one attached hydrogen (secondary N) is 1. The van der Waals surface area contributed by atoms with Crippen molar-refractivity contribution in [2.45, 2.75) is 32.2 Å². The average molecular weight is 214 g/mol. The van der Waals surface area contributed by atoms with Crippen LogP contribution >= 0.6 is 11.3 Å². The van der Waals surface area contributed by atoms with Gasteiger partial charge in [-0.05, 0) is 13.3 Å². The maximum absolute atomic E-state index is 11.1. The van der Waals surface area contributed by atoms with Crippen LogP contribution in [-0.4, -0.2) is 21.6 Å². The Morgan fingerprint density at radius 1 is 1.79 bits per heavy atom. The van der Waals surface area contributed by atoms with E-state index in [1.165, 1.54) is 11.3 Å². The second-order valence-electron chi connectivity index (χ2n) is 3.35. The predicted octanol–water partition coefficient (Wildman–Crippen LogP) is 2.20. The first-order valence-corrected chi connectivity index (χ1v) is 5.37. The number of aromatic nitrogens is 1. The highest BCUT2D eigenvalue weighted by molar-refractivity contribution is 7.13. The molecule has 1 aromatic rings. The van der Waals surface area contributed by atoms with Crippen LogP contribution in [0.15, 0.2) is 11.6 Å². The number of carbonyl (C=O) groups is 1. The number of thiazole rings is 1. The van der Waals surface area contributed by atoms with Crippen LogP contribution in [0.2, 0.25) is 0 Å². The van der Waals surface area contributed by atoms with Crippen LogP contribution in [-0.2, 0) is 4.79 Å².